The van der Waals surface area contributed by atoms with Gasteiger partial charge in [-0.15, -0.1) is 0 Å². The lowest BCUT2D eigenvalue weighted by Gasteiger charge is -2.27. The second-order valence-corrected chi connectivity index (χ2v) is 6.33. The summed E-state index contributed by atoms with van der Waals surface area (Å²) in [6.45, 7) is 5.12. The molecule has 1 aliphatic heterocycles. The summed E-state index contributed by atoms with van der Waals surface area (Å²) in [5, 5.41) is 4.75. The maximum absolute atomic E-state index is 13.4. The van der Waals surface area contributed by atoms with Gasteiger partial charge in [0.25, 0.3) is 0 Å². The van der Waals surface area contributed by atoms with Crippen molar-refractivity contribution < 1.29 is 9.18 Å². The smallest absolute Gasteiger partial charge is 0.219 e. The number of hydrogen-bond acceptors (Lipinski definition) is 4. The van der Waals surface area contributed by atoms with E-state index in [0.29, 0.717) is 25.5 Å². The standard InChI is InChI=1S/C19H18FN5O/c1-12-21-8-7-16(22-12)18-17-11-24(13(2)26)9-10-25(17)23-19(18)14-3-5-15(20)6-4-14/h3-8H,9-11H2,1-2H3. The number of hydrogen-bond donors (Lipinski definition) is 0. The molecule has 0 saturated heterocycles. The molecule has 0 bridgehead atoms. The van der Waals surface area contributed by atoms with Crippen LogP contribution >= 0.6 is 0 Å². The number of amides is 1. The van der Waals surface area contributed by atoms with Crippen molar-refractivity contribution in [3.05, 3.63) is 53.9 Å². The highest BCUT2D eigenvalue weighted by atomic mass is 19.1. The molecule has 0 fully saturated rings. The van der Waals surface area contributed by atoms with Crippen molar-refractivity contribution in [2.75, 3.05) is 6.54 Å². The van der Waals surface area contributed by atoms with Crippen LogP contribution in [-0.4, -0.2) is 37.1 Å². The Labute approximate surface area is 150 Å². The summed E-state index contributed by atoms with van der Waals surface area (Å²) < 4.78 is 15.3. The number of aromatic nitrogens is 4. The summed E-state index contributed by atoms with van der Waals surface area (Å²) in [6.07, 6.45) is 1.71. The maximum Gasteiger partial charge on any atom is 0.219 e. The molecule has 1 amide bonds. The molecule has 0 atom stereocenters. The molecule has 0 aliphatic carbocycles. The molecule has 132 valence electrons. The monoisotopic (exact) mass is 351 g/mol. The lowest BCUT2D eigenvalue weighted by atomic mass is 10.0. The van der Waals surface area contributed by atoms with Crippen LogP contribution in [0.4, 0.5) is 4.39 Å². The first kappa shape index (κ1) is 16.4. The van der Waals surface area contributed by atoms with Crippen LogP contribution in [0, 0.1) is 12.7 Å². The quantitative estimate of drug-likeness (QED) is 0.712. The van der Waals surface area contributed by atoms with Gasteiger partial charge in [0.1, 0.15) is 17.3 Å². The normalized spacial score (nSPS) is 13.6. The van der Waals surface area contributed by atoms with Crippen LogP contribution in [0.5, 0.6) is 0 Å². The SMILES string of the molecule is CC(=O)N1CCn2nc(-c3ccc(F)cc3)c(-c3ccnc(C)n3)c2C1. The molecule has 7 heteroatoms. The molecular formula is C19H18FN5O. The molecule has 2 aromatic heterocycles. The van der Waals surface area contributed by atoms with Crippen LogP contribution in [0.15, 0.2) is 36.5 Å². The summed E-state index contributed by atoms with van der Waals surface area (Å²) in [5.41, 5.74) is 4.11. The van der Waals surface area contributed by atoms with Gasteiger partial charge in [0.15, 0.2) is 0 Å². The minimum atomic E-state index is -0.292. The fourth-order valence-electron chi connectivity index (χ4n) is 3.26. The Balaban J connectivity index is 1.92. The van der Waals surface area contributed by atoms with Crippen molar-refractivity contribution >= 4 is 5.91 Å². The Morgan fingerprint density at radius 3 is 2.62 bits per heavy atom. The Hall–Kier alpha value is -3.09. The van der Waals surface area contributed by atoms with Crippen LogP contribution in [0.2, 0.25) is 0 Å². The van der Waals surface area contributed by atoms with E-state index in [2.05, 4.69) is 9.97 Å². The molecule has 4 rings (SSSR count). The highest BCUT2D eigenvalue weighted by molar-refractivity contribution is 5.82. The number of nitrogens with zero attached hydrogens (tertiary/aromatic N) is 5. The Morgan fingerprint density at radius 1 is 1.15 bits per heavy atom. The summed E-state index contributed by atoms with van der Waals surface area (Å²) in [7, 11) is 0. The summed E-state index contributed by atoms with van der Waals surface area (Å²) in [4.78, 5) is 22.4. The van der Waals surface area contributed by atoms with E-state index in [4.69, 9.17) is 5.10 Å². The minimum absolute atomic E-state index is 0.0330. The first-order chi connectivity index (χ1) is 12.5. The van der Waals surface area contributed by atoms with E-state index in [1.165, 1.54) is 12.1 Å². The Bertz CT molecular complexity index is 980. The first-order valence-electron chi connectivity index (χ1n) is 8.44. The van der Waals surface area contributed by atoms with E-state index in [9.17, 15) is 9.18 Å². The molecule has 0 radical (unpaired) electrons. The van der Waals surface area contributed by atoms with Crippen molar-refractivity contribution in [2.45, 2.75) is 26.9 Å². The van der Waals surface area contributed by atoms with Gasteiger partial charge >= 0.3 is 0 Å². The van der Waals surface area contributed by atoms with Gasteiger partial charge in [-0.25, -0.2) is 14.4 Å². The zero-order valence-electron chi connectivity index (χ0n) is 14.6. The van der Waals surface area contributed by atoms with Crippen molar-refractivity contribution in [1.82, 2.24) is 24.6 Å². The molecule has 0 spiro atoms. The summed E-state index contributed by atoms with van der Waals surface area (Å²) >= 11 is 0. The van der Waals surface area contributed by atoms with Gasteiger partial charge in [-0.2, -0.15) is 5.10 Å². The molecule has 26 heavy (non-hydrogen) atoms. The van der Waals surface area contributed by atoms with Crippen molar-refractivity contribution in [1.29, 1.82) is 0 Å². The number of carbonyl (C=O) groups excluding carboxylic acids is 1. The van der Waals surface area contributed by atoms with Gasteiger partial charge in [-0.05, 0) is 37.3 Å². The van der Waals surface area contributed by atoms with E-state index in [-0.39, 0.29) is 11.7 Å². The van der Waals surface area contributed by atoms with Gasteiger partial charge in [0.05, 0.1) is 30.0 Å². The fourth-order valence-corrected chi connectivity index (χ4v) is 3.26. The number of fused-ring (bicyclic) bond motifs is 1. The number of rotatable bonds is 2. The van der Waals surface area contributed by atoms with Gasteiger partial charge < -0.3 is 4.90 Å². The average molecular weight is 351 g/mol. The predicted octanol–water partition coefficient (Wildman–Crippen LogP) is 2.82. The molecule has 3 aromatic rings. The number of aryl methyl sites for hydroxylation is 1. The molecule has 6 nitrogen and oxygen atoms in total. The molecule has 0 saturated carbocycles. The van der Waals surface area contributed by atoms with Gasteiger partial charge in [0, 0.05) is 25.2 Å². The van der Waals surface area contributed by atoms with Crippen molar-refractivity contribution in [3.8, 4) is 22.5 Å². The van der Waals surface area contributed by atoms with Crippen LogP contribution < -0.4 is 0 Å². The number of benzene rings is 1. The Kier molecular flexibility index (Phi) is 3.99. The molecule has 1 aliphatic rings. The third-order valence-corrected chi connectivity index (χ3v) is 4.58. The highest BCUT2D eigenvalue weighted by Crippen LogP contribution is 2.35. The third kappa shape index (κ3) is 2.85. The van der Waals surface area contributed by atoms with Crippen LogP contribution in [0.1, 0.15) is 18.4 Å². The lowest BCUT2D eigenvalue weighted by Crippen LogP contribution is -2.37. The average Bonchev–Trinajstić information content (AvgIpc) is 3.00. The van der Waals surface area contributed by atoms with Gasteiger partial charge in [-0.3, -0.25) is 9.48 Å². The third-order valence-electron chi connectivity index (χ3n) is 4.58. The highest BCUT2D eigenvalue weighted by Gasteiger charge is 2.27. The van der Waals surface area contributed by atoms with E-state index < -0.39 is 0 Å². The maximum atomic E-state index is 13.4. The van der Waals surface area contributed by atoms with E-state index >= 15 is 0 Å². The van der Waals surface area contributed by atoms with Crippen molar-refractivity contribution in [3.63, 3.8) is 0 Å². The number of halogens is 1. The minimum Gasteiger partial charge on any atom is -0.335 e. The lowest BCUT2D eigenvalue weighted by molar-refractivity contribution is -0.130. The Morgan fingerprint density at radius 2 is 1.92 bits per heavy atom. The van der Waals surface area contributed by atoms with Crippen molar-refractivity contribution in [2.24, 2.45) is 0 Å². The van der Waals surface area contributed by atoms with E-state index in [1.54, 1.807) is 30.2 Å². The first-order valence-corrected chi connectivity index (χ1v) is 8.44. The molecule has 3 heterocycles. The van der Waals surface area contributed by atoms with Crippen LogP contribution in [0.3, 0.4) is 0 Å². The second kappa shape index (κ2) is 6.33. The topological polar surface area (TPSA) is 63.9 Å². The fraction of sp³-hybridized carbons (Fsp3) is 0.263. The molecular weight excluding hydrogens is 333 g/mol. The van der Waals surface area contributed by atoms with E-state index in [0.717, 1.165) is 28.2 Å². The zero-order chi connectivity index (χ0) is 18.3. The zero-order valence-corrected chi connectivity index (χ0v) is 14.6. The summed E-state index contributed by atoms with van der Waals surface area (Å²) in [5.74, 6) is 0.400. The van der Waals surface area contributed by atoms with E-state index in [1.807, 2.05) is 17.7 Å². The number of carbonyl (C=O) groups is 1. The molecule has 0 unspecified atom stereocenters. The van der Waals surface area contributed by atoms with Gasteiger partial charge in [0.2, 0.25) is 5.91 Å². The largest absolute Gasteiger partial charge is 0.335 e. The van der Waals surface area contributed by atoms with Crippen LogP contribution in [-0.2, 0) is 17.9 Å². The predicted molar refractivity (Wildman–Crippen MR) is 94.5 cm³/mol. The second-order valence-electron chi connectivity index (χ2n) is 6.33. The van der Waals surface area contributed by atoms with Gasteiger partial charge in [-0.1, -0.05) is 0 Å². The summed E-state index contributed by atoms with van der Waals surface area (Å²) in [6, 6.07) is 8.10. The van der Waals surface area contributed by atoms with Crippen LogP contribution in [0.25, 0.3) is 22.5 Å². The molecule has 1 aromatic carbocycles. The molecule has 0 N–H and O–H groups in total.